The topological polar surface area (TPSA) is 15.3 Å². The molecule has 0 radical (unpaired) electrons. The van der Waals surface area contributed by atoms with Crippen LogP contribution in [0.15, 0.2) is 188 Å². The monoisotopic (exact) mass is 746 g/mol. The van der Waals surface area contributed by atoms with E-state index in [1.54, 1.807) is 0 Å². The molecular weight excluding hydrogens is 715 g/mol. The number of benzene rings is 9. The Balaban J connectivity index is 1.14. The first-order valence-electron chi connectivity index (χ1n) is 20.6. The molecule has 270 valence electrons. The second kappa shape index (κ2) is 10.6. The highest BCUT2D eigenvalue weighted by molar-refractivity contribution is 7.01. The second-order valence-corrected chi connectivity index (χ2v) is 16.4. The minimum atomic E-state index is -0.00598. The minimum Gasteiger partial charge on any atom is -0.311 e. The van der Waals surface area contributed by atoms with Gasteiger partial charge in [-0.05, 0) is 77.1 Å². The van der Waals surface area contributed by atoms with Crippen LogP contribution >= 0.6 is 0 Å². The van der Waals surface area contributed by atoms with Crippen molar-refractivity contribution in [1.29, 1.82) is 0 Å². The summed E-state index contributed by atoms with van der Waals surface area (Å²) >= 11 is 0. The predicted octanol–water partition coefficient (Wildman–Crippen LogP) is 12.1. The van der Waals surface area contributed by atoms with Gasteiger partial charge in [0.2, 0.25) is 0 Å². The minimum absolute atomic E-state index is 0.00598. The number of para-hydroxylation sites is 6. The molecule has 9 aromatic carbocycles. The Kier molecular flexibility index (Phi) is 5.46. The molecule has 0 saturated carbocycles. The van der Waals surface area contributed by atoms with Gasteiger partial charge in [-0.3, -0.25) is 0 Å². The molecule has 5 heteroatoms. The average molecular weight is 747 g/mol. The summed E-state index contributed by atoms with van der Waals surface area (Å²) in [5, 5.41) is 10.4. The van der Waals surface area contributed by atoms with E-state index in [1.807, 2.05) is 0 Å². The SMILES string of the molecule is c1ccc(N2c3cccc4c3B(c3ccc5c(c32)c2cccc3c6ccccc6n5c32)c2ccc3c(c2N4c2ccccc2)c2cccc4c5ccccc5n3c42)cc1. The molecule has 0 aliphatic carbocycles. The molecule has 2 aliphatic rings. The van der Waals surface area contributed by atoms with Crippen LogP contribution in [0.3, 0.4) is 0 Å². The number of aromatic nitrogens is 2. The number of nitrogens with zero attached hydrogens (tertiary/aromatic N) is 4. The Morgan fingerprint density at radius 2 is 0.712 bits per heavy atom. The fourth-order valence-electron chi connectivity index (χ4n) is 11.6. The summed E-state index contributed by atoms with van der Waals surface area (Å²) in [6.45, 7) is -0.00598. The molecule has 2 aliphatic heterocycles. The van der Waals surface area contributed by atoms with E-state index in [9.17, 15) is 0 Å². The van der Waals surface area contributed by atoms with Crippen LogP contribution in [0.2, 0.25) is 0 Å². The van der Waals surface area contributed by atoms with E-state index in [1.165, 1.54) is 115 Å². The molecule has 13 aromatic rings. The van der Waals surface area contributed by atoms with Crippen LogP contribution in [0.4, 0.5) is 34.1 Å². The van der Waals surface area contributed by atoms with Crippen LogP contribution in [0.1, 0.15) is 0 Å². The third-order valence-electron chi connectivity index (χ3n) is 13.7. The molecule has 4 nitrogen and oxygen atoms in total. The largest absolute Gasteiger partial charge is 0.311 e. The normalized spacial score (nSPS) is 13.7. The van der Waals surface area contributed by atoms with Gasteiger partial charge < -0.3 is 18.6 Å². The second-order valence-electron chi connectivity index (χ2n) is 16.4. The van der Waals surface area contributed by atoms with Crippen molar-refractivity contribution in [3.63, 3.8) is 0 Å². The van der Waals surface area contributed by atoms with Gasteiger partial charge in [0.25, 0.3) is 6.71 Å². The number of fused-ring (bicyclic) bond motifs is 18. The van der Waals surface area contributed by atoms with Crippen LogP contribution < -0.4 is 26.2 Å². The predicted molar refractivity (Wildman–Crippen MR) is 250 cm³/mol. The Bertz CT molecular complexity index is 3670. The number of hydrogen-bond donors (Lipinski definition) is 0. The Hall–Kier alpha value is -7.76. The van der Waals surface area contributed by atoms with Gasteiger partial charge in [-0.1, -0.05) is 127 Å². The van der Waals surface area contributed by atoms with Crippen molar-refractivity contribution < 1.29 is 0 Å². The lowest BCUT2D eigenvalue weighted by molar-refractivity contribution is 1.26. The maximum Gasteiger partial charge on any atom is 0.252 e. The summed E-state index contributed by atoms with van der Waals surface area (Å²) in [6, 6.07) is 70.3. The smallest absolute Gasteiger partial charge is 0.252 e. The van der Waals surface area contributed by atoms with Gasteiger partial charge in [0, 0.05) is 65.8 Å². The fraction of sp³-hybridized carbons (Fsp3) is 0. The third-order valence-corrected chi connectivity index (χ3v) is 13.7. The highest BCUT2D eigenvalue weighted by atomic mass is 15.2. The molecule has 0 atom stereocenters. The summed E-state index contributed by atoms with van der Waals surface area (Å²) < 4.78 is 5.03. The molecular formula is C54H31BN4. The lowest BCUT2D eigenvalue weighted by Gasteiger charge is -2.44. The summed E-state index contributed by atoms with van der Waals surface area (Å²) in [6.07, 6.45) is 0. The summed E-state index contributed by atoms with van der Waals surface area (Å²) in [5.41, 5.74) is 18.9. The molecule has 0 unspecified atom stereocenters. The zero-order chi connectivity index (χ0) is 38.1. The first-order chi connectivity index (χ1) is 29.3. The first-order valence-corrected chi connectivity index (χ1v) is 20.6. The molecule has 0 bridgehead atoms. The maximum atomic E-state index is 2.57. The van der Waals surface area contributed by atoms with E-state index in [0.29, 0.717) is 0 Å². The van der Waals surface area contributed by atoms with Gasteiger partial charge in [0.1, 0.15) is 0 Å². The van der Waals surface area contributed by atoms with Gasteiger partial charge in [-0.2, -0.15) is 0 Å². The molecule has 4 aromatic heterocycles. The van der Waals surface area contributed by atoms with Crippen molar-refractivity contribution in [3.05, 3.63) is 188 Å². The maximum absolute atomic E-state index is 2.57. The van der Waals surface area contributed by atoms with Crippen LogP contribution in [0.25, 0.3) is 76.2 Å². The lowest BCUT2D eigenvalue weighted by Crippen LogP contribution is -2.61. The first kappa shape index (κ1) is 30.4. The van der Waals surface area contributed by atoms with Crippen molar-refractivity contribution in [1.82, 2.24) is 8.80 Å². The van der Waals surface area contributed by atoms with E-state index in [4.69, 9.17) is 0 Å². The van der Waals surface area contributed by atoms with Gasteiger partial charge in [0.15, 0.2) is 0 Å². The summed E-state index contributed by atoms with van der Waals surface area (Å²) in [7, 11) is 0. The average Bonchev–Trinajstić information content (AvgIpc) is 4.04. The Labute approximate surface area is 338 Å². The van der Waals surface area contributed by atoms with Crippen LogP contribution in [0.5, 0.6) is 0 Å². The molecule has 0 fully saturated rings. The van der Waals surface area contributed by atoms with Gasteiger partial charge in [-0.15, -0.1) is 0 Å². The van der Waals surface area contributed by atoms with Crippen LogP contribution in [-0.2, 0) is 0 Å². The third kappa shape index (κ3) is 3.52. The Morgan fingerprint density at radius 1 is 0.305 bits per heavy atom. The van der Waals surface area contributed by atoms with E-state index < -0.39 is 0 Å². The van der Waals surface area contributed by atoms with Crippen LogP contribution in [-0.4, -0.2) is 15.5 Å². The van der Waals surface area contributed by atoms with E-state index in [0.717, 1.165) is 11.4 Å². The fourth-order valence-corrected chi connectivity index (χ4v) is 11.6. The Morgan fingerprint density at radius 3 is 1.20 bits per heavy atom. The quantitative estimate of drug-likeness (QED) is 0.164. The van der Waals surface area contributed by atoms with Crippen molar-refractivity contribution >= 4 is 133 Å². The van der Waals surface area contributed by atoms with Gasteiger partial charge in [0.05, 0.1) is 44.5 Å². The highest BCUT2D eigenvalue weighted by Crippen LogP contribution is 2.51. The van der Waals surface area contributed by atoms with E-state index >= 15 is 0 Å². The lowest BCUT2D eigenvalue weighted by atomic mass is 9.33. The number of hydrogen-bond acceptors (Lipinski definition) is 2. The van der Waals surface area contributed by atoms with Crippen molar-refractivity contribution in [2.45, 2.75) is 0 Å². The van der Waals surface area contributed by atoms with Gasteiger partial charge in [-0.25, -0.2) is 0 Å². The zero-order valence-corrected chi connectivity index (χ0v) is 31.8. The molecule has 0 saturated heterocycles. The molecule has 59 heavy (non-hydrogen) atoms. The van der Waals surface area contributed by atoms with Crippen molar-refractivity contribution in [3.8, 4) is 0 Å². The highest BCUT2D eigenvalue weighted by Gasteiger charge is 2.45. The van der Waals surface area contributed by atoms with Gasteiger partial charge >= 0.3 is 0 Å². The molecule has 6 heterocycles. The summed E-state index contributed by atoms with van der Waals surface area (Å²) in [4.78, 5) is 5.13. The molecule has 0 amide bonds. The summed E-state index contributed by atoms with van der Waals surface area (Å²) in [5.74, 6) is 0. The van der Waals surface area contributed by atoms with Crippen LogP contribution in [0, 0.1) is 0 Å². The number of rotatable bonds is 2. The number of anilines is 6. The standard InChI is InChI=1S/C54H31BN4/c1-3-14-32(15-4-1)56-46-26-13-27-47-50(46)55(40-28-30-44-48(53(40)56)38-22-11-20-36-34-18-7-9-24-42(34)58(44)51(36)38)41-29-31-45-49(54(41)57(47)33-16-5-2-6-17-33)39-23-12-21-37-35-19-8-10-25-43(35)59(45)52(37)39/h1-31H. The zero-order valence-electron chi connectivity index (χ0n) is 31.8. The van der Waals surface area contributed by atoms with Crippen molar-refractivity contribution in [2.24, 2.45) is 0 Å². The van der Waals surface area contributed by atoms with E-state index in [2.05, 4.69) is 207 Å². The van der Waals surface area contributed by atoms with E-state index in [-0.39, 0.29) is 6.71 Å². The molecule has 15 rings (SSSR count). The van der Waals surface area contributed by atoms with Crippen molar-refractivity contribution in [2.75, 3.05) is 9.80 Å². The molecule has 0 spiro atoms. The molecule has 0 N–H and O–H groups in total.